The van der Waals surface area contributed by atoms with E-state index < -0.39 is 10.0 Å². The highest BCUT2D eigenvalue weighted by atomic mass is 32.2. The van der Waals surface area contributed by atoms with Gasteiger partial charge in [-0.3, -0.25) is 0 Å². The van der Waals surface area contributed by atoms with Crippen molar-refractivity contribution in [2.24, 2.45) is 12.8 Å². The van der Waals surface area contributed by atoms with Crippen molar-refractivity contribution in [3.63, 3.8) is 0 Å². The second-order valence-electron chi connectivity index (χ2n) is 4.32. The number of thiophene rings is 1. The quantitative estimate of drug-likeness (QED) is 0.874. The zero-order chi connectivity index (χ0) is 14.0. The first-order chi connectivity index (χ1) is 8.92. The van der Waals surface area contributed by atoms with Crippen LogP contribution in [0.4, 0.5) is 0 Å². The van der Waals surface area contributed by atoms with Crippen LogP contribution in [0.15, 0.2) is 29.3 Å². The van der Waals surface area contributed by atoms with Gasteiger partial charge in [-0.1, -0.05) is 0 Å². The third-order valence-electron chi connectivity index (χ3n) is 2.83. The van der Waals surface area contributed by atoms with Crippen molar-refractivity contribution >= 4 is 21.4 Å². The topological polar surface area (TPSA) is 77.1 Å². The van der Waals surface area contributed by atoms with Gasteiger partial charge in [0, 0.05) is 41.8 Å². The molecule has 0 aliphatic heterocycles. The highest BCUT2D eigenvalue weighted by Crippen LogP contribution is 2.17. The molecule has 0 saturated carbocycles. The lowest BCUT2D eigenvalue weighted by Gasteiger charge is -2.02. The molecule has 19 heavy (non-hydrogen) atoms. The van der Waals surface area contributed by atoms with Crippen LogP contribution in [0.25, 0.3) is 0 Å². The van der Waals surface area contributed by atoms with Gasteiger partial charge in [0.05, 0.1) is 4.90 Å². The highest BCUT2D eigenvalue weighted by Gasteiger charge is 2.17. The summed E-state index contributed by atoms with van der Waals surface area (Å²) in [6.07, 6.45) is 1.57. The Hall–Kier alpha value is -1.15. The average Bonchev–Trinajstić information content (AvgIpc) is 2.93. The molecule has 0 aliphatic carbocycles. The van der Waals surface area contributed by atoms with Gasteiger partial charge >= 0.3 is 0 Å². The Balaban J connectivity index is 2.13. The number of nitrogens with two attached hydrogens (primary N) is 1. The molecule has 2 aromatic heterocycles. The Morgan fingerprint density at radius 3 is 2.68 bits per heavy atom. The minimum atomic E-state index is -3.48. The fourth-order valence-corrected chi connectivity index (χ4v) is 3.78. The molecule has 0 atom stereocenters. The largest absolute Gasteiger partial charge is 0.352 e. The molecule has 0 saturated heterocycles. The zero-order valence-electron chi connectivity index (χ0n) is 10.9. The first-order valence-corrected chi connectivity index (χ1v) is 8.12. The summed E-state index contributed by atoms with van der Waals surface area (Å²) in [5.41, 5.74) is 6.33. The molecule has 2 aromatic rings. The summed E-state index contributed by atoms with van der Waals surface area (Å²) in [5, 5.41) is 0. The van der Waals surface area contributed by atoms with E-state index in [1.807, 2.05) is 19.1 Å². The number of hydrogen-bond donors (Lipinski definition) is 2. The van der Waals surface area contributed by atoms with Crippen molar-refractivity contribution in [3.05, 3.63) is 39.8 Å². The number of nitrogens with zero attached hydrogens (tertiary/aromatic N) is 1. The van der Waals surface area contributed by atoms with Crippen molar-refractivity contribution in [1.82, 2.24) is 9.29 Å². The predicted octanol–water partition coefficient (Wildman–Crippen LogP) is 1.33. The predicted molar refractivity (Wildman–Crippen MR) is 76.4 cm³/mol. The maximum atomic E-state index is 12.1. The summed E-state index contributed by atoms with van der Waals surface area (Å²) in [6, 6.07) is 5.50. The Morgan fingerprint density at radius 2 is 2.16 bits per heavy atom. The summed E-state index contributed by atoms with van der Waals surface area (Å²) in [4.78, 5) is 2.42. The van der Waals surface area contributed by atoms with Crippen LogP contribution in [0, 0.1) is 6.92 Å². The van der Waals surface area contributed by atoms with Gasteiger partial charge in [0.25, 0.3) is 0 Å². The van der Waals surface area contributed by atoms with E-state index in [4.69, 9.17) is 5.73 Å². The van der Waals surface area contributed by atoms with Gasteiger partial charge in [0.2, 0.25) is 10.0 Å². The first-order valence-electron chi connectivity index (χ1n) is 5.82. The van der Waals surface area contributed by atoms with E-state index in [2.05, 4.69) is 4.72 Å². The Morgan fingerprint density at radius 1 is 1.42 bits per heavy atom. The second-order valence-corrected chi connectivity index (χ2v) is 7.46. The molecule has 2 heterocycles. The molecule has 0 radical (unpaired) electrons. The third-order valence-corrected chi connectivity index (χ3v) is 5.20. The minimum Gasteiger partial charge on any atom is -0.352 e. The molecule has 5 nitrogen and oxygen atoms in total. The van der Waals surface area contributed by atoms with Gasteiger partial charge in [0.1, 0.15) is 0 Å². The molecule has 0 unspecified atom stereocenters. The number of rotatable bonds is 5. The van der Waals surface area contributed by atoms with Crippen LogP contribution in [0.1, 0.15) is 15.4 Å². The van der Waals surface area contributed by atoms with Crippen molar-refractivity contribution in [1.29, 1.82) is 0 Å². The Labute approximate surface area is 117 Å². The van der Waals surface area contributed by atoms with E-state index >= 15 is 0 Å². The molecule has 0 bridgehead atoms. The van der Waals surface area contributed by atoms with Crippen LogP contribution in [-0.4, -0.2) is 13.0 Å². The van der Waals surface area contributed by atoms with Gasteiger partial charge in [-0.15, -0.1) is 11.3 Å². The minimum absolute atomic E-state index is 0.253. The van der Waals surface area contributed by atoms with E-state index in [1.165, 1.54) is 4.88 Å². The molecule has 0 fully saturated rings. The number of nitrogens with one attached hydrogen (secondary N) is 1. The second kappa shape index (κ2) is 5.46. The average molecular weight is 299 g/mol. The SMILES string of the molecule is Cc1ccc(CNS(=O)(=O)c2cc(CN)n(C)c2)s1. The Kier molecular flexibility index (Phi) is 4.10. The van der Waals surface area contributed by atoms with Crippen LogP contribution >= 0.6 is 11.3 Å². The Bertz CT molecular complexity index is 671. The van der Waals surface area contributed by atoms with E-state index in [9.17, 15) is 8.42 Å². The van der Waals surface area contributed by atoms with Crippen molar-refractivity contribution in [2.45, 2.75) is 24.9 Å². The van der Waals surface area contributed by atoms with Crippen LogP contribution in [0.3, 0.4) is 0 Å². The molecule has 7 heteroatoms. The number of hydrogen-bond acceptors (Lipinski definition) is 4. The lowest BCUT2D eigenvalue weighted by atomic mass is 10.4. The van der Waals surface area contributed by atoms with E-state index in [0.29, 0.717) is 13.1 Å². The van der Waals surface area contributed by atoms with Gasteiger partial charge in [-0.05, 0) is 25.1 Å². The normalized spacial score (nSPS) is 11.9. The van der Waals surface area contributed by atoms with Crippen LogP contribution in [-0.2, 0) is 30.2 Å². The summed E-state index contributed by atoms with van der Waals surface area (Å²) in [6.45, 7) is 2.62. The van der Waals surface area contributed by atoms with Crippen molar-refractivity contribution in [3.8, 4) is 0 Å². The van der Waals surface area contributed by atoms with Crippen LogP contribution in [0.5, 0.6) is 0 Å². The van der Waals surface area contributed by atoms with Crippen molar-refractivity contribution in [2.75, 3.05) is 0 Å². The molecule has 0 spiro atoms. The van der Waals surface area contributed by atoms with Gasteiger partial charge in [0.15, 0.2) is 0 Å². The maximum absolute atomic E-state index is 12.1. The van der Waals surface area contributed by atoms with Crippen molar-refractivity contribution < 1.29 is 8.42 Å². The molecular weight excluding hydrogens is 282 g/mol. The number of aromatic nitrogens is 1. The molecule has 3 N–H and O–H groups in total. The third kappa shape index (κ3) is 3.24. The number of aryl methyl sites for hydroxylation is 2. The maximum Gasteiger partial charge on any atom is 0.242 e. The standard InChI is InChI=1S/C12H17N3O2S2/c1-9-3-4-11(18-9)7-14-19(16,17)12-5-10(6-13)15(2)8-12/h3-5,8,14H,6-7,13H2,1-2H3. The summed E-state index contributed by atoms with van der Waals surface area (Å²) >= 11 is 1.58. The summed E-state index contributed by atoms with van der Waals surface area (Å²) in [7, 11) is -1.70. The molecule has 0 aliphatic rings. The van der Waals surface area contributed by atoms with E-state index in [1.54, 1.807) is 35.2 Å². The first kappa shape index (κ1) is 14.3. The summed E-state index contributed by atoms with van der Waals surface area (Å²) < 4.78 is 28.6. The fourth-order valence-electron chi connectivity index (χ4n) is 1.76. The summed E-state index contributed by atoms with van der Waals surface area (Å²) in [5.74, 6) is 0. The fraction of sp³-hybridized carbons (Fsp3) is 0.333. The lowest BCUT2D eigenvalue weighted by molar-refractivity contribution is 0.581. The van der Waals surface area contributed by atoms with Crippen LogP contribution in [0.2, 0.25) is 0 Å². The van der Waals surface area contributed by atoms with Gasteiger partial charge in [-0.25, -0.2) is 13.1 Å². The molecule has 2 rings (SSSR count). The van der Waals surface area contributed by atoms with Gasteiger partial charge in [-0.2, -0.15) is 0 Å². The van der Waals surface area contributed by atoms with E-state index in [0.717, 1.165) is 10.6 Å². The molecule has 104 valence electrons. The lowest BCUT2D eigenvalue weighted by Crippen LogP contribution is -2.22. The van der Waals surface area contributed by atoms with Crippen LogP contribution < -0.4 is 10.5 Å². The smallest absolute Gasteiger partial charge is 0.242 e. The van der Waals surface area contributed by atoms with E-state index in [-0.39, 0.29) is 4.90 Å². The molecular formula is C12H17N3O2S2. The highest BCUT2D eigenvalue weighted by molar-refractivity contribution is 7.89. The number of sulfonamides is 1. The molecule has 0 aromatic carbocycles. The van der Waals surface area contributed by atoms with Gasteiger partial charge < -0.3 is 10.3 Å². The zero-order valence-corrected chi connectivity index (χ0v) is 12.5. The molecule has 0 amide bonds. The monoisotopic (exact) mass is 299 g/mol.